The van der Waals surface area contributed by atoms with Crippen LogP contribution in [0, 0.1) is 0 Å². The van der Waals surface area contributed by atoms with Gasteiger partial charge in [-0.25, -0.2) is 16.8 Å². The standard InChI is InChI=1S/C10H20N2O4S2/c11-7-9-3-1-2-5-12(9)18(15,16)10-4-6-17(13,14)8-10/h9-10H,1-8,11H2. The van der Waals surface area contributed by atoms with Crippen LogP contribution < -0.4 is 5.73 Å². The van der Waals surface area contributed by atoms with Gasteiger partial charge in [0, 0.05) is 19.1 Å². The maximum Gasteiger partial charge on any atom is 0.218 e. The van der Waals surface area contributed by atoms with E-state index >= 15 is 0 Å². The summed E-state index contributed by atoms with van der Waals surface area (Å²) in [6, 6.07) is -0.160. The fourth-order valence-electron chi connectivity index (χ4n) is 2.73. The summed E-state index contributed by atoms with van der Waals surface area (Å²) in [5.74, 6) is -0.249. The van der Waals surface area contributed by atoms with Gasteiger partial charge in [0.05, 0.1) is 16.8 Å². The van der Waals surface area contributed by atoms with E-state index in [9.17, 15) is 16.8 Å². The Morgan fingerprint density at radius 2 is 1.94 bits per heavy atom. The molecule has 0 bridgehead atoms. The SMILES string of the molecule is NCC1CCCCN1S(=O)(=O)C1CCS(=O)(=O)C1. The van der Waals surface area contributed by atoms with Crippen LogP contribution in [0.5, 0.6) is 0 Å². The van der Waals surface area contributed by atoms with E-state index in [1.807, 2.05) is 0 Å². The van der Waals surface area contributed by atoms with E-state index in [4.69, 9.17) is 5.73 Å². The lowest BCUT2D eigenvalue weighted by molar-refractivity contribution is 0.255. The Labute approximate surface area is 108 Å². The molecule has 0 amide bonds. The van der Waals surface area contributed by atoms with Crippen molar-refractivity contribution in [3.8, 4) is 0 Å². The summed E-state index contributed by atoms with van der Waals surface area (Å²) in [5.41, 5.74) is 5.62. The topological polar surface area (TPSA) is 97.5 Å². The first-order valence-electron chi connectivity index (χ1n) is 6.28. The fourth-order valence-corrected chi connectivity index (χ4v) is 7.52. The average Bonchev–Trinajstić information content (AvgIpc) is 2.70. The molecule has 18 heavy (non-hydrogen) atoms. The Kier molecular flexibility index (Phi) is 4.01. The quantitative estimate of drug-likeness (QED) is 0.744. The third-order valence-corrected chi connectivity index (χ3v) is 8.14. The highest BCUT2D eigenvalue weighted by Crippen LogP contribution is 2.27. The van der Waals surface area contributed by atoms with Gasteiger partial charge in [-0.05, 0) is 19.3 Å². The van der Waals surface area contributed by atoms with E-state index in [1.54, 1.807) is 0 Å². The number of sulfonamides is 1. The predicted molar refractivity (Wildman–Crippen MR) is 69.4 cm³/mol. The van der Waals surface area contributed by atoms with Crippen molar-refractivity contribution >= 4 is 19.9 Å². The molecule has 0 aromatic carbocycles. The third-order valence-electron chi connectivity index (χ3n) is 3.78. The molecule has 2 atom stereocenters. The molecule has 2 rings (SSSR count). The zero-order valence-electron chi connectivity index (χ0n) is 10.3. The summed E-state index contributed by atoms with van der Waals surface area (Å²) < 4.78 is 49.2. The van der Waals surface area contributed by atoms with Crippen LogP contribution >= 0.6 is 0 Å². The van der Waals surface area contributed by atoms with Crippen molar-refractivity contribution in [2.45, 2.75) is 37.0 Å². The van der Waals surface area contributed by atoms with Crippen molar-refractivity contribution in [3.05, 3.63) is 0 Å². The molecule has 0 saturated carbocycles. The van der Waals surface area contributed by atoms with Crippen LogP contribution in [-0.2, 0) is 19.9 Å². The molecular weight excluding hydrogens is 276 g/mol. The Hall–Kier alpha value is -0.180. The van der Waals surface area contributed by atoms with Crippen molar-refractivity contribution in [3.63, 3.8) is 0 Å². The highest BCUT2D eigenvalue weighted by atomic mass is 32.2. The maximum absolute atomic E-state index is 12.5. The van der Waals surface area contributed by atoms with Crippen molar-refractivity contribution in [1.82, 2.24) is 4.31 Å². The van der Waals surface area contributed by atoms with E-state index in [0.29, 0.717) is 13.1 Å². The number of nitrogens with two attached hydrogens (primary N) is 1. The number of rotatable bonds is 3. The van der Waals surface area contributed by atoms with Gasteiger partial charge in [0.25, 0.3) is 0 Å². The summed E-state index contributed by atoms with van der Waals surface area (Å²) >= 11 is 0. The fraction of sp³-hybridized carbons (Fsp3) is 1.00. The first-order valence-corrected chi connectivity index (χ1v) is 9.60. The van der Waals surface area contributed by atoms with Crippen LogP contribution in [0.3, 0.4) is 0 Å². The molecule has 0 aliphatic carbocycles. The molecule has 2 N–H and O–H groups in total. The Morgan fingerprint density at radius 3 is 2.50 bits per heavy atom. The van der Waals surface area contributed by atoms with Crippen molar-refractivity contribution in [1.29, 1.82) is 0 Å². The van der Waals surface area contributed by atoms with E-state index in [-0.39, 0.29) is 24.0 Å². The molecule has 2 unspecified atom stereocenters. The van der Waals surface area contributed by atoms with Gasteiger partial charge in [-0.15, -0.1) is 0 Å². The van der Waals surface area contributed by atoms with Crippen LogP contribution in [0.2, 0.25) is 0 Å². The highest BCUT2D eigenvalue weighted by molar-refractivity contribution is 7.95. The van der Waals surface area contributed by atoms with Gasteiger partial charge >= 0.3 is 0 Å². The number of hydrogen-bond acceptors (Lipinski definition) is 5. The minimum Gasteiger partial charge on any atom is -0.329 e. The molecule has 0 aromatic rings. The summed E-state index contributed by atoms with van der Waals surface area (Å²) in [6.07, 6.45) is 2.81. The largest absolute Gasteiger partial charge is 0.329 e. The number of piperidine rings is 1. The van der Waals surface area contributed by atoms with Crippen LogP contribution in [-0.4, -0.2) is 57.0 Å². The molecule has 2 heterocycles. The van der Waals surface area contributed by atoms with Crippen molar-refractivity contribution < 1.29 is 16.8 Å². The molecule has 2 fully saturated rings. The summed E-state index contributed by atoms with van der Waals surface area (Å²) in [4.78, 5) is 0. The minimum atomic E-state index is -3.52. The molecule has 0 aromatic heterocycles. The second-order valence-electron chi connectivity index (χ2n) is 5.07. The Balaban J connectivity index is 2.20. The molecule has 6 nitrogen and oxygen atoms in total. The molecule has 2 aliphatic rings. The zero-order chi connectivity index (χ0) is 13.4. The van der Waals surface area contributed by atoms with Crippen LogP contribution in [0.1, 0.15) is 25.7 Å². The lowest BCUT2D eigenvalue weighted by atomic mass is 10.1. The summed E-state index contributed by atoms with van der Waals surface area (Å²) in [7, 11) is -6.70. The van der Waals surface area contributed by atoms with Crippen LogP contribution in [0.25, 0.3) is 0 Å². The van der Waals surface area contributed by atoms with E-state index in [2.05, 4.69) is 0 Å². The number of nitrogens with zero attached hydrogens (tertiary/aromatic N) is 1. The normalized spacial score (nSPS) is 33.6. The summed E-state index contributed by atoms with van der Waals surface area (Å²) in [6.45, 7) is 0.777. The molecule has 2 aliphatic heterocycles. The first-order chi connectivity index (χ1) is 8.37. The van der Waals surface area contributed by atoms with Crippen LogP contribution in [0.15, 0.2) is 0 Å². The molecule has 0 radical (unpaired) electrons. The average molecular weight is 296 g/mol. The second-order valence-corrected chi connectivity index (χ2v) is 9.46. The highest BCUT2D eigenvalue weighted by Gasteiger charge is 2.42. The first kappa shape index (κ1) is 14.2. The number of sulfone groups is 1. The second kappa shape index (κ2) is 5.07. The van der Waals surface area contributed by atoms with E-state index in [1.165, 1.54) is 4.31 Å². The van der Waals surface area contributed by atoms with Gasteiger partial charge in [0.15, 0.2) is 9.84 Å². The van der Waals surface area contributed by atoms with E-state index in [0.717, 1.165) is 19.3 Å². The zero-order valence-corrected chi connectivity index (χ0v) is 11.9. The lowest BCUT2D eigenvalue weighted by Gasteiger charge is -2.35. The Bertz CT molecular complexity index is 500. The lowest BCUT2D eigenvalue weighted by Crippen LogP contribution is -2.50. The van der Waals surface area contributed by atoms with Gasteiger partial charge in [0.1, 0.15) is 0 Å². The molecule has 0 spiro atoms. The molecule has 2 saturated heterocycles. The molecule has 8 heteroatoms. The van der Waals surface area contributed by atoms with Crippen molar-refractivity contribution in [2.24, 2.45) is 5.73 Å². The van der Waals surface area contributed by atoms with Gasteiger partial charge in [0.2, 0.25) is 10.0 Å². The van der Waals surface area contributed by atoms with E-state index < -0.39 is 25.1 Å². The predicted octanol–water partition coefficient (Wildman–Crippen LogP) is -0.683. The minimum absolute atomic E-state index is 0.0158. The molecule has 106 valence electrons. The van der Waals surface area contributed by atoms with Gasteiger partial charge in [-0.1, -0.05) is 6.42 Å². The maximum atomic E-state index is 12.5. The summed E-state index contributed by atoms with van der Waals surface area (Å²) in [5, 5.41) is -0.769. The molecular formula is C10H20N2O4S2. The Morgan fingerprint density at radius 1 is 1.22 bits per heavy atom. The monoisotopic (exact) mass is 296 g/mol. The smallest absolute Gasteiger partial charge is 0.218 e. The van der Waals surface area contributed by atoms with Crippen molar-refractivity contribution in [2.75, 3.05) is 24.6 Å². The van der Waals surface area contributed by atoms with Gasteiger partial charge < -0.3 is 5.73 Å². The van der Waals surface area contributed by atoms with Crippen LogP contribution in [0.4, 0.5) is 0 Å². The number of hydrogen-bond donors (Lipinski definition) is 1. The van der Waals surface area contributed by atoms with Gasteiger partial charge in [-0.2, -0.15) is 4.31 Å². The third kappa shape index (κ3) is 2.71. The van der Waals surface area contributed by atoms with Gasteiger partial charge in [-0.3, -0.25) is 0 Å².